The molecule has 10 aromatic rings. The van der Waals surface area contributed by atoms with Crippen LogP contribution in [0.5, 0.6) is 0 Å². The SMILES string of the molecule is C1=C(c2ccc3sc4c(-c5cccc(-c6nc(-c7ccccc7)nc(-c7ccccc7)n6)c5)cccc4c3c2)Cc2ccc(-c3ccccc3)cc2-c2ccccc21. The Labute approximate surface area is 341 Å². The highest BCUT2D eigenvalue weighted by molar-refractivity contribution is 7.26. The third-order valence-electron chi connectivity index (χ3n) is 11.2. The average molecular weight is 758 g/mol. The van der Waals surface area contributed by atoms with Crippen LogP contribution in [-0.4, -0.2) is 15.0 Å². The van der Waals surface area contributed by atoms with E-state index >= 15 is 0 Å². The Hall–Kier alpha value is -7.27. The van der Waals surface area contributed by atoms with E-state index in [-0.39, 0.29) is 0 Å². The molecule has 2 heterocycles. The van der Waals surface area contributed by atoms with Crippen molar-refractivity contribution in [3.05, 3.63) is 211 Å². The van der Waals surface area contributed by atoms with Gasteiger partial charge in [0.25, 0.3) is 0 Å². The summed E-state index contributed by atoms with van der Waals surface area (Å²) in [6, 6.07) is 69.1. The first kappa shape index (κ1) is 34.0. The molecule has 0 spiro atoms. The summed E-state index contributed by atoms with van der Waals surface area (Å²) in [7, 11) is 0. The zero-order valence-corrected chi connectivity index (χ0v) is 32.3. The molecule has 0 bridgehead atoms. The molecule has 3 nitrogen and oxygen atoms in total. The lowest BCUT2D eigenvalue weighted by Gasteiger charge is -2.13. The van der Waals surface area contributed by atoms with Crippen LogP contribution in [-0.2, 0) is 6.42 Å². The van der Waals surface area contributed by atoms with E-state index in [1.165, 1.54) is 70.3 Å². The summed E-state index contributed by atoms with van der Waals surface area (Å²) in [6.07, 6.45) is 3.26. The Kier molecular flexibility index (Phi) is 8.41. The topological polar surface area (TPSA) is 38.7 Å². The van der Waals surface area contributed by atoms with Crippen LogP contribution in [0.4, 0.5) is 0 Å². The first-order valence-electron chi connectivity index (χ1n) is 19.6. The molecule has 0 saturated carbocycles. The molecule has 1 aliphatic rings. The summed E-state index contributed by atoms with van der Waals surface area (Å²) in [5.74, 6) is 1.97. The Bertz CT molecular complexity index is 3130. The summed E-state index contributed by atoms with van der Waals surface area (Å²) in [5, 5.41) is 2.55. The Balaban J connectivity index is 0.985. The smallest absolute Gasteiger partial charge is 0.164 e. The third kappa shape index (κ3) is 6.21. The predicted molar refractivity (Wildman–Crippen MR) is 243 cm³/mol. The fourth-order valence-corrected chi connectivity index (χ4v) is 9.50. The van der Waals surface area contributed by atoms with Crippen molar-refractivity contribution in [2.24, 2.45) is 0 Å². The largest absolute Gasteiger partial charge is 0.208 e. The second kappa shape index (κ2) is 14.3. The zero-order chi connectivity index (χ0) is 38.4. The van der Waals surface area contributed by atoms with Gasteiger partial charge >= 0.3 is 0 Å². The monoisotopic (exact) mass is 757 g/mol. The standard InChI is InChI=1S/C54H35N3S/c1-4-14-35(15-5-1)38-26-27-42-32-44(31-40-20-10-11-23-45(40)48(42)33-38)39-28-29-50-49(34-39)47-25-13-24-46(51(47)58-50)41-21-12-22-43(30-41)54-56-52(36-16-6-2-7-17-36)55-53(57-54)37-18-8-3-9-19-37/h1-31,33-34H,32H2. The van der Waals surface area contributed by atoms with E-state index in [1.54, 1.807) is 0 Å². The van der Waals surface area contributed by atoms with E-state index in [9.17, 15) is 0 Å². The van der Waals surface area contributed by atoms with E-state index in [1.807, 2.05) is 72.0 Å². The van der Waals surface area contributed by atoms with E-state index < -0.39 is 0 Å². The van der Waals surface area contributed by atoms with Crippen LogP contribution in [0.2, 0.25) is 0 Å². The third-order valence-corrected chi connectivity index (χ3v) is 12.4. The number of hydrogen-bond acceptors (Lipinski definition) is 4. The number of allylic oxidation sites excluding steroid dienone is 1. The van der Waals surface area contributed by atoms with Crippen LogP contribution in [0.25, 0.3) is 99.4 Å². The molecule has 0 radical (unpaired) electrons. The molecule has 1 aliphatic carbocycles. The number of thiophene rings is 1. The first-order chi connectivity index (χ1) is 28.7. The molecule has 272 valence electrons. The number of hydrogen-bond donors (Lipinski definition) is 0. The van der Waals surface area contributed by atoms with Crippen LogP contribution in [0.3, 0.4) is 0 Å². The minimum Gasteiger partial charge on any atom is -0.208 e. The maximum absolute atomic E-state index is 5.01. The Morgan fingerprint density at radius 2 is 0.948 bits per heavy atom. The molecule has 0 atom stereocenters. The van der Waals surface area contributed by atoms with Crippen molar-refractivity contribution in [2.75, 3.05) is 0 Å². The highest BCUT2D eigenvalue weighted by Gasteiger charge is 2.19. The molecule has 0 unspecified atom stereocenters. The van der Waals surface area contributed by atoms with E-state index in [2.05, 4.69) is 140 Å². The summed E-state index contributed by atoms with van der Waals surface area (Å²) >= 11 is 1.86. The van der Waals surface area contributed by atoms with Gasteiger partial charge in [0.1, 0.15) is 0 Å². The maximum atomic E-state index is 5.01. The molecular formula is C54H35N3S. The van der Waals surface area contributed by atoms with Gasteiger partial charge in [-0.2, -0.15) is 0 Å². The van der Waals surface area contributed by atoms with Gasteiger partial charge in [-0.25, -0.2) is 15.0 Å². The minimum absolute atomic E-state index is 0.652. The van der Waals surface area contributed by atoms with Crippen LogP contribution in [0.15, 0.2) is 194 Å². The molecule has 8 aromatic carbocycles. The lowest BCUT2D eigenvalue weighted by atomic mass is 9.91. The number of rotatable bonds is 6. The highest BCUT2D eigenvalue weighted by Crippen LogP contribution is 2.43. The number of nitrogens with zero attached hydrogens (tertiary/aromatic N) is 3. The molecular weight excluding hydrogens is 723 g/mol. The molecule has 0 fully saturated rings. The highest BCUT2D eigenvalue weighted by atomic mass is 32.1. The van der Waals surface area contributed by atoms with Crippen LogP contribution < -0.4 is 0 Å². The Morgan fingerprint density at radius 3 is 1.69 bits per heavy atom. The van der Waals surface area contributed by atoms with Gasteiger partial charge in [0.2, 0.25) is 0 Å². The number of aromatic nitrogens is 3. The average Bonchev–Trinajstić information content (AvgIpc) is 3.59. The van der Waals surface area contributed by atoms with Crippen molar-refractivity contribution in [3.8, 4) is 67.5 Å². The van der Waals surface area contributed by atoms with Crippen LogP contribution in [0.1, 0.15) is 16.7 Å². The van der Waals surface area contributed by atoms with Gasteiger partial charge in [-0.3, -0.25) is 0 Å². The predicted octanol–water partition coefficient (Wildman–Crippen LogP) is 14.3. The molecule has 0 aliphatic heterocycles. The van der Waals surface area contributed by atoms with E-state index in [0.29, 0.717) is 17.5 Å². The molecule has 2 aromatic heterocycles. The van der Waals surface area contributed by atoms with Gasteiger partial charge in [0.15, 0.2) is 17.5 Å². The van der Waals surface area contributed by atoms with Crippen molar-refractivity contribution >= 4 is 43.2 Å². The summed E-state index contributed by atoms with van der Waals surface area (Å²) in [4.78, 5) is 14.9. The minimum atomic E-state index is 0.652. The van der Waals surface area contributed by atoms with Crippen LogP contribution in [0, 0.1) is 0 Å². The van der Waals surface area contributed by atoms with Crippen molar-refractivity contribution < 1.29 is 0 Å². The van der Waals surface area contributed by atoms with Gasteiger partial charge in [0, 0.05) is 36.9 Å². The lowest BCUT2D eigenvalue weighted by molar-refractivity contribution is 1.07. The second-order valence-corrected chi connectivity index (χ2v) is 15.8. The lowest BCUT2D eigenvalue weighted by Crippen LogP contribution is -2.00. The van der Waals surface area contributed by atoms with Gasteiger partial charge in [-0.05, 0) is 86.3 Å². The van der Waals surface area contributed by atoms with Crippen molar-refractivity contribution in [1.29, 1.82) is 0 Å². The Morgan fingerprint density at radius 1 is 0.362 bits per heavy atom. The number of benzene rings is 8. The molecule has 4 heteroatoms. The van der Waals surface area contributed by atoms with Gasteiger partial charge < -0.3 is 0 Å². The zero-order valence-electron chi connectivity index (χ0n) is 31.5. The molecule has 58 heavy (non-hydrogen) atoms. The summed E-state index contributed by atoms with van der Waals surface area (Å²) in [5.41, 5.74) is 15.4. The molecule has 0 N–H and O–H groups in total. The quantitative estimate of drug-likeness (QED) is 0.170. The first-order valence-corrected chi connectivity index (χ1v) is 20.5. The van der Waals surface area contributed by atoms with Crippen LogP contribution >= 0.6 is 11.3 Å². The second-order valence-electron chi connectivity index (χ2n) is 14.8. The van der Waals surface area contributed by atoms with Crippen molar-refractivity contribution in [3.63, 3.8) is 0 Å². The van der Waals surface area contributed by atoms with Crippen molar-refractivity contribution in [1.82, 2.24) is 15.0 Å². The van der Waals surface area contributed by atoms with E-state index in [4.69, 9.17) is 15.0 Å². The van der Waals surface area contributed by atoms with Gasteiger partial charge in [-0.15, -0.1) is 11.3 Å². The van der Waals surface area contributed by atoms with Gasteiger partial charge in [-0.1, -0.05) is 176 Å². The molecule has 0 amide bonds. The molecule has 0 saturated heterocycles. The van der Waals surface area contributed by atoms with Gasteiger partial charge in [0.05, 0.1) is 0 Å². The molecule has 11 rings (SSSR count). The maximum Gasteiger partial charge on any atom is 0.164 e. The fraction of sp³-hybridized carbons (Fsp3) is 0.0185. The fourth-order valence-electron chi connectivity index (χ4n) is 8.28. The van der Waals surface area contributed by atoms with Crippen molar-refractivity contribution in [2.45, 2.75) is 6.42 Å². The normalized spacial score (nSPS) is 12.2. The van der Waals surface area contributed by atoms with E-state index in [0.717, 1.165) is 28.7 Å². The number of fused-ring (bicyclic) bond motifs is 6. The summed E-state index contributed by atoms with van der Waals surface area (Å²) in [6.45, 7) is 0. The summed E-state index contributed by atoms with van der Waals surface area (Å²) < 4.78 is 2.55.